The molecule has 0 amide bonds. The molecule has 0 spiro atoms. The predicted octanol–water partition coefficient (Wildman–Crippen LogP) is 11.4. The van der Waals surface area contributed by atoms with E-state index >= 15 is 0 Å². The first-order valence-corrected chi connectivity index (χ1v) is 18.0. The Morgan fingerprint density at radius 2 is 0.778 bits per heavy atom. The summed E-state index contributed by atoms with van der Waals surface area (Å²) in [4.78, 5) is 0. The van der Waals surface area contributed by atoms with E-state index in [-0.39, 0.29) is 5.41 Å². The van der Waals surface area contributed by atoms with Gasteiger partial charge in [0.2, 0.25) is 0 Å². The van der Waals surface area contributed by atoms with Crippen molar-refractivity contribution in [3.63, 3.8) is 0 Å². The van der Waals surface area contributed by atoms with Gasteiger partial charge < -0.3 is 9.47 Å². The van der Waals surface area contributed by atoms with E-state index in [2.05, 4.69) is 13.8 Å². The standard InChI is InChI=1S/C37H44O6P2/c1-7-36(8-2,40-31-17-13-11-14-18-31)44(38)42-33-25-21-29(22-26-33)35(5,6)30-23-27-34(28-24-30)43-45(39)37(9-3,10-4)41-32-19-15-12-16-20-32/h11-28H,7-10H2,1-6H3/q+2. The highest BCUT2D eigenvalue weighted by Crippen LogP contribution is 2.48. The van der Waals surface area contributed by atoms with Crippen LogP contribution in [-0.2, 0) is 14.5 Å². The quantitative estimate of drug-likeness (QED) is 0.113. The number of para-hydroxylation sites is 2. The Morgan fingerprint density at radius 1 is 0.467 bits per heavy atom. The normalized spacial score (nSPS) is 12.7. The first kappa shape index (κ1) is 34.2. The van der Waals surface area contributed by atoms with Gasteiger partial charge in [0, 0.05) is 31.1 Å². The zero-order valence-corrected chi connectivity index (χ0v) is 28.9. The van der Waals surface area contributed by atoms with E-state index in [0.717, 1.165) is 11.1 Å². The van der Waals surface area contributed by atoms with Crippen LogP contribution in [0.4, 0.5) is 0 Å². The fourth-order valence-electron chi connectivity index (χ4n) is 5.18. The number of ether oxygens (including phenoxy) is 2. The largest absolute Gasteiger partial charge is 0.604 e. The Bertz CT molecular complexity index is 1410. The highest BCUT2D eigenvalue weighted by Gasteiger charge is 2.53. The summed E-state index contributed by atoms with van der Waals surface area (Å²) < 4.78 is 51.3. The van der Waals surface area contributed by atoms with Gasteiger partial charge in [0.25, 0.3) is 0 Å². The van der Waals surface area contributed by atoms with E-state index in [1.54, 1.807) is 0 Å². The van der Waals surface area contributed by atoms with Gasteiger partial charge in [-0.3, -0.25) is 9.05 Å². The van der Waals surface area contributed by atoms with E-state index in [9.17, 15) is 9.13 Å². The lowest BCUT2D eigenvalue weighted by molar-refractivity contribution is 0.135. The fraction of sp³-hybridized carbons (Fsp3) is 0.351. The van der Waals surface area contributed by atoms with Crippen LogP contribution < -0.4 is 18.5 Å². The van der Waals surface area contributed by atoms with Crippen molar-refractivity contribution in [3.8, 4) is 23.0 Å². The summed E-state index contributed by atoms with van der Waals surface area (Å²) in [6.45, 7) is 12.1. The van der Waals surface area contributed by atoms with Crippen molar-refractivity contribution in [3.05, 3.63) is 120 Å². The topological polar surface area (TPSA) is 71.1 Å². The van der Waals surface area contributed by atoms with Crippen molar-refractivity contribution in [2.75, 3.05) is 0 Å². The third-order valence-electron chi connectivity index (χ3n) is 8.51. The highest BCUT2D eigenvalue weighted by molar-refractivity contribution is 7.41. The van der Waals surface area contributed by atoms with Gasteiger partial charge in [-0.15, -0.1) is 0 Å². The van der Waals surface area contributed by atoms with Gasteiger partial charge in [-0.05, 0) is 68.8 Å². The van der Waals surface area contributed by atoms with Crippen LogP contribution in [0.1, 0.15) is 78.4 Å². The maximum Gasteiger partial charge on any atom is 0.604 e. The molecular weight excluding hydrogens is 602 g/mol. The molecule has 0 bridgehead atoms. The van der Waals surface area contributed by atoms with Crippen LogP contribution in [0.3, 0.4) is 0 Å². The molecule has 0 radical (unpaired) electrons. The number of rotatable bonds is 16. The van der Waals surface area contributed by atoms with Crippen LogP contribution >= 0.6 is 16.1 Å². The van der Waals surface area contributed by atoms with E-state index in [1.165, 1.54) is 0 Å². The highest BCUT2D eigenvalue weighted by atomic mass is 31.1. The van der Waals surface area contributed by atoms with Crippen LogP contribution in [0.5, 0.6) is 23.0 Å². The molecule has 2 unspecified atom stereocenters. The minimum absolute atomic E-state index is 0.346. The van der Waals surface area contributed by atoms with Gasteiger partial charge >= 0.3 is 26.7 Å². The smallest absolute Gasteiger partial charge is 0.442 e. The first-order chi connectivity index (χ1) is 21.6. The summed E-state index contributed by atoms with van der Waals surface area (Å²) in [5.74, 6) is 2.40. The molecule has 4 aromatic carbocycles. The minimum atomic E-state index is -2.17. The molecule has 236 valence electrons. The van der Waals surface area contributed by atoms with Gasteiger partial charge in [-0.2, -0.15) is 0 Å². The van der Waals surface area contributed by atoms with Gasteiger partial charge in [0.15, 0.2) is 11.5 Å². The molecule has 45 heavy (non-hydrogen) atoms. The van der Waals surface area contributed by atoms with Crippen LogP contribution in [-0.4, -0.2) is 10.7 Å². The zero-order valence-electron chi connectivity index (χ0n) is 27.1. The second-order valence-electron chi connectivity index (χ2n) is 11.5. The number of hydrogen-bond acceptors (Lipinski definition) is 6. The molecule has 0 N–H and O–H groups in total. The Morgan fingerprint density at radius 3 is 1.07 bits per heavy atom. The molecule has 4 rings (SSSR count). The Balaban J connectivity index is 1.44. The number of hydrogen-bond donors (Lipinski definition) is 0. The van der Waals surface area contributed by atoms with Crippen molar-refractivity contribution >= 4 is 16.1 Å². The van der Waals surface area contributed by atoms with Crippen molar-refractivity contribution in [1.82, 2.24) is 0 Å². The lowest BCUT2D eigenvalue weighted by Gasteiger charge is -2.26. The average Bonchev–Trinajstić information content (AvgIpc) is 3.07. The summed E-state index contributed by atoms with van der Waals surface area (Å²) in [6.07, 6.45) is 2.18. The molecule has 2 atom stereocenters. The molecule has 0 aliphatic carbocycles. The van der Waals surface area contributed by atoms with Gasteiger partial charge in [-0.1, -0.05) is 102 Å². The molecule has 0 saturated carbocycles. The summed E-state index contributed by atoms with van der Waals surface area (Å²) in [6, 6.07) is 34.3. The SMILES string of the molecule is CCC(CC)(Oc1ccccc1)[P+](=O)Oc1ccc(C(C)(C)c2ccc(O[P+](=O)C(CC)(CC)Oc3ccccc3)cc2)cc1. The summed E-state index contributed by atoms with van der Waals surface area (Å²) in [5.41, 5.74) is 1.78. The summed E-state index contributed by atoms with van der Waals surface area (Å²) in [5, 5.41) is -1.85. The summed E-state index contributed by atoms with van der Waals surface area (Å²) >= 11 is 0. The maximum atomic E-state index is 13.5. The molecule has 0 fully saturated rings. The third-order valence-corrected chi connectivity index (χ3v) is 12.0. The monoisotopic (exact) mass is 646 g/mol. The molecular formula is C37H44O6P2+2. The van der Waals surface area contributed by atoms with Gasteiger partial charge in [0.05, 0.1) is 0 Å². The van der Waals surface area contributed by atoms with Crippen LogP contribution in [0, 0.1) is 0 Å². The van der Waals surface area contributed by atoms with Crippen molar-refractivity contribution in [1.29, 1.82) is 0 Å². The number of benzene rings is 4. The van der Waals surface area contributed by atoms with E-state index in [0.29, 0.717) is 48.7 Å². The van der Waals surface area contributed by atoms with Crippen molar-refractivity contribution in [2.45, 2.75) is 83.3 Å². The Labute approximate surface area is 269 Å². The lowest BCUT2D eigenvalue weighted by Crippen LogP contribution is -2.31. The molecule has 0 aromatic heterocycles. The molecule has 0 heterocycles. The predicted molar refractivity (Wildman–Crippen MR) is 182 cm³/mol. The molecule has 6 nitrogen and oxygen atoms in total. The van der Waals surface area contributed by atoms with E-state index < -0.39 is 26.7 Å². The van der Waals surface area contributed by atoms with Crippen LogP contribution in [0.2, 0.25) is 0 Å². The lowest BCUT2D eigenvalue weighted by atomic mass is 9.78. The first-order valence-electron chi connectivity index (χ1n) is 15.6. The zero-order chi connectivity index (χ0) is 32.5. The minimum Gasteiger partial charge on any atom is -0.442 e. The van der Waals surface area contributed by atoms with Crippen molar-refractivity contribution < 1.29 is 27.7 Å². The molecule has 4 aromatic rings. The molecule has 0 aliphatic heterocycles. The molecule has 0 aliphatic rings. The molecule has 0 saturated heterocycles. The van der Waals surface area contributed by atoms with Crippen molar-refractivity contribution in [2.24, 2.45) is 0 Å². The van der Waals surface area contributed by atoms with E-state index in [1.807, 2.05) is 137 Å². The van der Waals surface area contributed by atoms with Crippen LogP contribution in [0.15, 0.2) is 109 Å². The second kappa shape index (κ2) is 15.0. The summed E-state index contributed by atoms with van der Waals surface area (Å²) in [7, 11) is -4.33. The van der Waals surface area contributed by atoms with E-state index in [4.69, 9.17) is 18.5 Å². The third kappa shape index (κ3) is 7.93. The Hall–Kier alpha value is -3.72. The fourth-order valence-corrected chi connectivity index (χ4v) is 7.54. The molecule has 8 heteroatoms. The average molecular weight is 647 g/mol. The second-order valence-corrected chi connectivity index (χ2v) is 14.5. The Kier molecular flexibility index (Phi) is 11.4. The van der Waals surface area contributed by atoms with Gasteiger partial charge in [-0.25, -0.2) is 0 Å². The van der Waals surface area contributed by atoms with Gasteiger partial charge in [0.1, 0.15) is 11.5 Å². The van der Waals surface area contributed by atoms with Crippen LogP contribution in [0.25, 0.3) is 0 Å². The maximum absolute atomic E-state index is 13.5.